The van der Waals surface area contributed by atoms with Gasteiger partial charge in [0.05, 0.1) is 49.5 Å². The normalized spacial score (nSPS) is 13.2. The number of carbonyl (C=O) groups is 6. The zero-order chi connectivity index (χ0) is 35.2. The summed E-state index contributed by atoms with van der Waals surface area (Å²) in [7, 11) is 2.69. The molecule has 10 nitrogen and oxygen atoms in total. The van der Waals surface area contributed by atoms with Crippen LogP contribution in [0.2, 0.25) is 0 Å². The summed E-state index contributed by atoms with van der Waals surface area (Å²) >= 11 is 6.88. The number of halogens is 1. The molecule has 246 valence electrons. The first kappa shape index (κ1) is 38.9. The zero-order valence-corrected chi connectivity index (χ0v) is 30.3. The van der Waals surface area contributed by atoms with Crippen LogP contribution in [0.4, 0.5) is 0 Å². The van der Waals surface area contributed by atoms with E-state index in [0.29, 0.717) is 28.7 Å². The summed E-state index contributed by atoms with van der Waals surface area (Å²) in [4.78, 5) is 72.7. The molecule has 48 heavy (non-hydrogen) atoms. The van der Waals surface area contributed by atoms with Crippen LogP contribution in [0.1, 0.15) is 58.5 Å². The smallest absolute Gasteiger partial charge is 0.469 e. The molecule has 0 saturated heterocycles. The predicted octanol–water partition coefficient (Wildman–Crippen LogP) is 3.11. The minimum absolute atomic E-state index is 0. The quantitative estimate of drug-likeness (QED) is 0.0579. The summed E-state index contributed by atoms with van der Waals surface area (Å²) in [6.07, 6.45) is 3.46. The van der Waals surface area contributed by atoms with Gasteiger partial charge in [-0.05, 0) is 69.0 Å². The van der Waals surface area contributed by atoms with Gasteiger partial charge < -0.3 is 22.0 Å². The largest absolute Gasteiger partial charge is 1.00 e. The van der Waals surface area contributed by atoms with Gasteiger partial charge in [0, 0.05) is 6.54 Å². The number of ether oxygens (including phenoxy) is 2. The number of rotatable bonds is 7. The molecular formula is C33H30BrLiN2O8S3. The van der Waals surface area contributed by atoms with Crippen LogP contribution in [0.25, 0.3) is 0 Å². The van der Waals surface area contributed by atoms with Crippen LogP contribution in [0.15, 0.2) is 82.2 Å². The predicted molar refractivity (Wildman–Crippen MR) is 186 cm³/mol. The van der Waals surface area contributed by atoms with Crippen LogP contribution in [0.3, 0.4) is 0 Å². The fourth-order valence-electron chi connectivity index (χ4n) is 4.50. The van der Waals surface area contributed by atoms with Crippen molar-refractivity contribution in [2.45, 2.75) is 12.3 Å². The number of benzene rings is 2. The molecule has 4 amide bonds. The molecular weight excluding hydrogens is 735 g/mol. The fourth-order valence-corrected chi connectivity index (χ4v) is 6.34. The maximum Gasteiger partial charge on any atom is 1.00 e. The van der Waals surface area contributed by atoms with Crippen molar-refractivity contribution in [3.8, 4) is 0 Å². The molecule has 4 heterocycles. The van der Waals surface area contributed by atoms with Gasteiger partial charge >= 0.3 is 30.8 Å². The summed E-state index contributed by atoms with van der Waals surface area (Å²) in [5.74, 6) is -2.50. The van der Waals surface area contributed by atoms with E-state index in [2.05, 4.69) is 26.9 Å². The monoisotopic (exact) mass is 765 g/mol. The van der Waals surface area contributed by atoms with Crippen LogP contribution >= 0.6 is 51.1 Å². The summed E-state index contributed by atoms with van der Waals surface area (Å²) in [5.41, 5.74) is 3.76. The van der Waals surface area contributed by atoms with Gasteiger partial charge in [-0.25, -0.2) is 0 Å². The second-order valence-corrected chi connectivity index (χ2v) is 11.5. The second kappa shape index (κ2) is 20.1. The Balaban J connectivity index is 0.000000263. The first-order valence-corrected chi connectivity index (χ1v) is 17.2. The van der Waals surface area contributed by atoms with Crippen LogP contribution in [0, 0.1) is 6.26 Å². The van der Waals surface area contributed by atoms with Gasteiger partial charge in [0.2, 0.25) is 0 Å². The first-order valence-electron chi connectivity index (χ1n) is 14.1. The Hall–Kier alpha value is -3.51. The molecule has 0 saturated carbocycles. The van der Waals surface area contributed by atoms with Crippen molar-refractivity contribution in [2.75, 3.05) is 26.2 Å². The Kier molecular flexibility index (Phi) is 16.3. The molecule has 1 unspecified atom stereocenters. The van der Waals surface area contributed by atoms with E-state index in [-0.39, 0.29) is 60.5 Å². The fraction of sp³-hybridized carbons (Fsp3) is 0.182. The van der Waals surface area contributed by atoms with Crippen LogP contribution in [0.5, 0.6) is 0 Å². The van der Waals surface area contributed by atoms with Crippen molar-refractivity contribution in [1.82, 2.24) is 9.80 Å². The number of fused-ring (bicyclic) bond motifs is 2. The number of esters is 2. The van der Waals surface area contributed by atoms with Gasteiger partial charge in [0.25, 0.3) is 23.6 Å². The van der Waals surface area contributed by atoms with Crippen molar-refractivity contribution in [1.29, 1.82) is 1.12 Å². The number of hydrogen-bond acceptors (Lipinski definition) is 11. The molecule has 0 radical (unpaired) electrons. The van der Waals surface area contributed by atoms with E-state index in [4.69, 9.17) is 5.86 Å². The van der Waals surface area contributed by atoms with Crippen molar-refractivity contribution in [3.05, 3.63) is 122 Å². The molecule has 2 aromatic carbocycles. The Morgan fingerprint density at radius 3 is 1.65 bits per heavy atom. The molecule has 0 bridgehead atoms. The van der Waals surface area contributed by atoms with Crippen molar-refractivity contribution in [3.63, 3.8) is 0 Å². The number of imide groups is 2. The van der Waals surface area contributed by atoms with Crippen LogP contribution < -0.4 is 18.9 Å². The van der Waals surface area contributed by atoms with Gasteiger partial charge in [-0.15, -0.1) is 0 Å². The maximum atomic E-state index is 12.4. The third-order valence-corrected chi connectivity index (χ3v) is 8.76. The number of thiol groups is 1. The minimum atomic E-state index is -0.668. The summed E-state index contributed by atoms with van der Waals surface area (Å²) in [6.45, 7) is -0.0181. The number of amides is 4. The number of carbonyl (C=O) groups excluding carboxylic acids is 6. The molecule has 0 fully saturated rings. The van der Waals surface area contributed by atoms with E-state index >= 15 is 0 Å². The average molecular weight is 767 g/mol. The first-order chi connectivity index (χ1) is 23.1. The Labute approximate surface area is 313 Å². The molecule has 1 atom stereocenters. The molecule has 6 rings (SSSR count). The number of nitrogens with zero attached hydrogens (tertiary/aromatic N) is 2. The molecule has 0 aliphatic carbocycles. The van der Waals surface area contributed by atoms with E-state index in [1.165, 1.54) is 30.5 Å². The summed E-state index contributed by atoms with van der Waals surface area (Å²) < 4.78 is 15.3. The van der Waals surface area contributed by atoms with Gasteiger partial charge in [0.15, 0.2) is 0 Å². The average Bonchev–Trinajstić information content (AvgIpc) is 3.91. The SMILES string of the molecule is COC(=O)C(CN1C(=O)c2ccccc2C1=O)c1ccsc1.COC(=O)Cc1ccsc1.O=C1c2ccccc2C(=O)N1CBr.[2H]S[CH2-].[Li+]. The van der Waals surface area contributed by atoms with E-state index in [0.717, 1.165) is 28.6 Å². The van der Waals surface area contributed by atoms with E-state index in [9.17, 15) is 28.8 Å². The molecule has 2 aliphatic rings. The third kappa shape index (κ3) is 9.78. The number of methoxy groups -OCH3 is 2. The molecule has 4 aromatic rings. The van der Waals surface area contributed by atoms with Gasteiger partial charge in [-0.2, -0.15) is 22.7 Å². The second-order valence-electron chi connectivity index (χ2n) is 9.49. The molecule has 0 N–H and O–H groups in total. The number of alkyl halides is 1. The maximum absolute atomic E-state index is 12.4. The molecule has 2 aromatic heterocycles. The van der Waals surface area contributed by atoms with Crippen molar-refractivity contribution in [2.24, 2.45) is 0 Å². The topological polar surface area (TPSA) is 127 Å². The van der Waals surface area contributed by atoms with Gasteiger partial charge in [0.1, 0.15) is 5.92 Å². The van der Waals surface area contributed by atoms with E-state index < -0.39 is 11.9 Å². The Bertz CT molecular complexity index is 1670. The molecule has 15 heteroatoms. The van der Waals surface area contributed by atoms with Crippen molar-refractivity contribution >= 4 is 86.7 Å². The Morgan fingerprint density at radius 2 is 1.27 bits per heavy atom. The molecule has 2 aliphatic heterocycles. The van der Waals surface area contributed by atoms with Gasteiger partial charge in [-0.1, -0.05) is 40.2 Å². The molecule has 0 spiro atoms. The zero-order valence-electron chi connectivity index (χ0n) is 27.3. The standard InChI is InChI=1S/C16H13NO4S.C9H6BrNO2.C7H8O2S.CH3S.Li/c1-21-16(20)13(10-6-7-22-9-10)8-17-14(18)11-4-2-3-5-12(11)15(17)19;10-5-11-8(12)6-3-1-2-4-7(6)9(11)13;1-9-7(8)4-6-2-3-10-5-6;1-2;/h2-7,9,13H,8H2,1H3;1-4H,5H2;2-3,5H,4H2,1H3;2H,1H2;/q;;;-1;+1/i;;;2D;. The third-order valence-electron chi connectivity index (χ3n) is 6.83. The van der Waals surface area contributed by atoms with Crippen molar-refractivity contribution < 1.29 is 57.1 Å². The van der Waals surface area contributed by atoms with Gasteiger partial charge in [-0.3, -0.25) is 44.8 Å². The number of thiophene rings is 2. The summed E-state index contributed by atoms with van der Waals surface area (Å²) in [5, 5.41) is 7.54. The van der Waals surface area contributed by atoms with Crippen LogP contribution in [-0.4, -0.2) is 72.7 Å². The Morgan fingerprint density at radius 1 is 0.812 bits per heavy atom. The number of hydrogen-bond donors (Lipinski definition) is 1. The van der Waals surface area contributed by atoms with E-state index in [1.807, 2.05) is 27.6 Å². The van der Waals surface area contributed by atoms with Crippen LogP contribution in [-0.2, 0) is 25.5 Å². The van der Waals surface area contributed by atoms with E-state index in [1.54, 1.807) is 65.9 Å². The summed E-state index contributed by atoms with van der Waals surface area (Å²) in [6, 6.07) is 17.2. The minimum Gasteiger partial charge on any atom is -0.469 e.